The van der Waals surface area contributed by atoms with Crippen molar-refractivity contribution in [2.75, 3.05) is 29.5 Å². The SMILES string of the molecule is CCN(C)c1cc(NC(=O)O)c(N)cc1C. The van der Waals surface area contributed by atoms with Crippen molar-refractivity contribution in [2.24, 2.45) is 0 Å². The number of nitrogens with two attached hydrogens (primary N) is 1. The standard InChI is InChI=1S/C11H17N3O2/c1-4-14(3)10-6-9(13-11(15)16)8(12)5-7(10)2/h5-6,13H,4,12H2,1-3H3,(H,15,16). The summed E-state index contributed by atoms with van der Waals surface area (Å²) in [5.74, 6) is 0. The molecular weight excluding hydrogens is 206 g/mol. The van der Waals surface area contributed by atoms with Gasteiger partial charge < -0.3 is 15.7 Å². The van der Waals surface area contributed by atoms with Crippen LogP contribution in [0, 0.1) is 6.92 Å². The minimum absolute atomic E-state index is 0.424. The zero-order valence-electron chi connectivity index (χ0n) is 9.74. The number of carboxylic acid groups (broad SMARTS) is 1. The van der Waals surface area contributed by atoms with Gasteiger partial charge in [-0.25, -0.2) is 4.79 Å². The van der Waals surface area contributed by atoms with Gasteiger partial charge in [-0.1, -0.05) is 0 Å². The lowest BCUT2D eigenvalue weighted by molar-refractivity contribution is 0.210. The summed E-state index contributed by atoms with van der Waals surface area (Å²) in [6, 6.07) is 3.52. The molecule has 1 aromatic carbocycles. The summed E-state index contributed by atoms with van der Waals surface area (Å²) in [5, 5.41) is 11.0. The Balaban J connectivity index is 3.15. The van der Waals surface area contributed by atoms with Crippen LogP contribution in [0.1, 0.15) is 12.5 Å². The van der Waals surface area contributed by atoms with Crippen LogP contribution < -0.4 is 16.0 Å². The molecule has 0 fully saturated rings. The summed E-state index contributed by atoms with van der Waals surface area (Å²) in [5.41, 5.74) is 8.60. The maximum Gasteiger partial charge on any atom is 0.409 e. The van der Waals surface area contributed by atoms with E-state index in [4.69, 9.17) is 10.8 Å². The highest BCUT2D eigenvalue weighted by Crippen LogP contribution is 2.29. The summed E-state index contributed by atoms with van der Waals surface area (Å²) >= 11 is 0. The van der Waals surface area contributed by atoms with Crippen LogP contribution >= 0.6 is 0 Å². The molecule has 0 spiro atoms. The van der Waals surface area contributed by atoms with Gasteiger partial charge in [0, 0.05) is 19.3 Å². The predicted octanol–water partition coefficient (Wildman–Crippen LogP) is 2.12. The van der Waals surface area contributed by atoms with Gasteiger partial charge in [0.2, 0.25) is 0 Å². The first-order chi connectivity index (χ1) is 7.45. The number of anilines is 3. The molecule has 0 aliphatic carbocycles. The third-order valence-electron chi connectivity index (χ3n) is 2.50. The molecule has 0 saturated heterocycles. The molecule has 0 bridgehead atoms. The second-order valence-electron chi connectivity index (χ2n) is 3.67. The molecule has 88 valence electrons. The van der Waals surface area contributed by atoms with E-state index >= 15 is 0 Å². The lowest BCUT2D eigenvalue weighted by Gasteiger charge is -2.21. The number of nitrogens with one attached hydrogen (secondary N) is 1. The molecule has 0 heterocycles. The fourth-order valence-corrected chi connectivity index (χ4v) is 1.52. The van der Waals surface area contributed by atoms with Gasteiger partial charge in [-0.15, -0.1) is 0 Å². The number of rotatable bonds is 3. The monoisotopic (exact) mass is 223 g/mol. The fourth-order valence-electron chi connectivity index (χ4n) is 1.52. The van der Waals surface area contributed by atoms with E-state index in [0.717, 1.165) is 17.8 Å². The Bertz CT molecular complexity index is 404. The number of benzene rings is 1. The topological polar surface area (TPSA) is 78.6 Å². The highest BCUT2D eigenvalue weighted by atomic mass is 16.4. The molecule has 16 heavy (non-hydrogen) atoms. The van der Waals surface area contributed by atoms with Crippen LogP contribution in [-0.2, 0) is 0 Å². The van der Waals surface area contributed by atoms with Crippen molar-refractivity contribution in [1.82, 2.24) is 0 Å². The van der Waals surface area contributed by atoms with Crippen molar-refractivity contribution in [3.05, 3.63) is 17.7 Å². The molecular formula is C11H17N3O2. The third kappa shape index (κ3) is 2.56. The van der Waals surface area contributed by atoms with Gasteiger partial charge in [0.25, 0.3) is 0 Å². The minimum atomic E-state index is -1.11. The second kappa shape index (κ2) is 4.74. The van der Waals surface area contributed by atoms with Crippen LogP contribution in [0.2, 0.25) is 0 Å². The van der Waals surface area contributed by atoms with E-state index in [9.17, 15) is 4.79 Å². The van der Waals surface area contributed by atoms with Crippen molar-refractivity contribution in [3.63, 3.8) is 0 Å². The maximum atomic E-state index is 10.6. The molecule has 0 unspecified atom stereocenters. The number of aryl methyl sites for hydroxylation is 1. The molecule has 1 aromatic rings. The second-order valence-corrected chi connectivity index (χ2v) is 3.67. The molecule has 1 amide bonds. The largest absolute Gasteiger partial charge is 0.465 e. The highest BCUT2D eigenvalue weighted by Gasteiger charge is 2.09. The molecule has 0 atom stereocenters. The van der Waals surface area contributed by atoms with Crippen LogP contribution in [0.5, 0.6) is 0 Å². The van der Waals surface area contributed by atoms with E-state index in [1.165, 1.54) is 0 Å². The highest BCUT2D eigenvalue weighted by molar-refractivity contribution is 5.89. The van der Waals surface area contributed by atoms with Crippen LogP contribution in [0.15, 0.2) is 12.1 Å². The summed E-state index contributed by atoms with van der Waals surface area (Å²) in [6.07, 6.45) is -1.11. The zero-order valence-corrected chi connectivity index (χ0v) is 9.74. The third-order valence-corrected chi connectivity index (χ3v) is 2.50. The summed E-state index contributed by atoms with van der Waals surface area (Å²) in [7, 11) is 1.95. The Morgan fingerprint density at radius 1 is 1.56 bits per heavy atom. The van der Waals surface area contributed by atoms with Crippen molar-refractivity contribution < 1.29 is 9.90 Å². The summed E-state index contributed by atoms with van der Waals surface area (Å²) in [4.78, 5) is 12.6. The molecule has 0 radical (unpaired) electrons. The van der Waals surface area contributed by atoms with Crippen LogP contribution in [0.4, 0.5) is 21.9 Å². The van der Waals surface area contributed by atoms with E-state index in [1.807, 2.05) is 25.8 Å². The van der Waals surface area contributed by atoms with Gasteiger partial charge in [0.15, 0.2) is 0 Å². The molecule has 0 saturated carbocycles. The van der Waals surface area contributed by atoms with Gasteiger partial charge in [-0.3, -0.25) is 5.32 Å². The van der Waals surface area contributed by atoms with Gasteiger partial charge in [0.1, 0.15) is 0 Å². The molecule has 0 aromatic heterocycles. The summed E-state index contributed by atoms with van der Waals surface area (Å²) in [6.45, 7) is 4.82. The van der Waals surface area contributed by atoms with E-state index in [2.05, 4.69) is 5.32 Å². The van der Waals surface area contributed by atoms with Gasteiger partial charge in [0.05, 0.1) is 11.4 Å². The molecule has 5 heteroatoms. The Hall–Kier alpha value is -1.91. The van der Waals surface area contributed by atoms with Crippen molar-refractivity contribution >= 4 is 23.2 Å². The Kier molecular flexibility index (Phi) is 3.60. The number of carbonyl (C=O) groups is 1. The number of amides is 1. The first kappa shape index (κ1) is 12.2. The molecule has 4 N–H and O–H groups in total. The fraction of sp³-hybridized carbons (Fsp3) is 0.364. The minimum Gasteiger partial charge on any atom is -0.465 e. The zero-order chi connectivity index (χ0) is 12.3. The summed E-state index contributed by atoms with van der Waals surface area (Å²) < 4.78 is 0. The van der Waals surface area contributed by atoms with Gasteiger partial charge in [-0.05, 0) is 31.5 Å². The maximum absolute atomic E-state index is 10.6. The van der Waals surface area contributed by atoms with Crippen LogP contribution in [0.25, 0.3) is 0 Å². The lowest BCUT2D eigenvalue weighted by atomic mass is 10.1. The average molecular weight is 223 g/mol. The molecule has 1 rings (SSSR count). The van der Waals surface area contributed by atoms with E-state index in [0.29, 0.717) is 11.4 Å². The van der Waals surface area contributed by atoms with Crippen LogP contribution in [0.3, 0.4) is 0 Å². The quantitative estimate of drug-likeness (QED) is 0.686. The van der Waals surface area contributed by atoms with Gasteiger partial charge in [-0.2, -0.15) is 0 Å². The number of nitrogen functional groups attached to an aromatic ring is 1. The normalized spacial score (nSPS) is 9.94. The van der Waals surface area contributed by atoms with E-state index in [-0.39, 0.29) is 0 Å². The van der Waals surface area contributed by atoms with Crippen LogP contribution in [-0.4, -0.2) is 24.8 Å². The van der Waals surface area contributed by atoms with E-state index in [1.54, 1.807) is 12.1 Å². The Morgan fingerprint density at radius 2 is 2.19 bits per heavy atom. The molecule has 0 aliphatic heterocycles. The average Bonchev–Trinajstić information content (AvgIpc) is 2.20. The Labute approximate surface area is 94.9 Å². The molecule has 0 aliphatic rings. The first-order valence-corrected chi connectivity index (χ1v) is 5.07. The number of hydrogen-bond donors (Lipinski definition) is 3. The number of nitrogens with zero attached hydrogens (tertiary/aromatic N) is 1. The first-order valence-electron chi connectivity index (χ1n) is 5.07. The molecule has 5 nitrogen and oxygen atoms in total. The van der Waals surface area contributed by atoms with E-state index < -0.39 is 6.09 Å². The lowest BCUT2D eigenvalue weighted by Crippen LogP contribution is -2.18. The number of hydrogen-bond acceptors (Lipinski definition) is 3. The van der Waals surface area contributed by atoms with Crippen molar-refractivity contribution in [3.8, 4) is 0 Å². The smallest absolute Gasteiger partial charge is 0.409 e. The van der Waals surface area contributed by atoms with Crippen molar-refractivity contribution in [2.45, 2.75) is 13.8 Å². The van der Waals surface area contributed by atoms with Crippen molar-refractivity contribution in [1.29, 1.82) is 0 Å². The Morgan fingerprint density at radius 3 is 2.69 bits per heavy atom. The van der Waals surface area contributed by atoms with Gasteiger partial charge >= 0.3 is 6.09 Å². The predicted molar refractivity (Wildman–Crippen MR) is 66.2 cm³/mol.